The topological polar surface area (TPSA) is 111 Å². The monoisotopic (exact) mass is 414 g/mol. The van der Waals surface area contributed by atoms with Crippen molar-refractivity contribution in [2.24, 2.45) is 11.8 Å². The average molecular weight is 414 g/mol. The Morgan fingerprint density at radius 3 is 2.40 bits per heavy atom. The van der Waals surface area contributed by atoms with Gasteiger partial charge >= 0.3 is 5.97 Å². The van der Waals surface area contributed by atoms with Crippen LogP contribution in [0.15, 0.2) is 30.4 Å². The van der Waals surface area contributed by atoms with Crippen LogP contribution >= 0.6 is 0 Å². The molecule has 0 bridgehead atoms. The minimum atomic E-state index is -1.09. The van der Waals surface area contributed by atoms with E-state index < -0.39 is 36.4 Å². The molecule has 3 aliphatic rings. The number of nitrogens with one attached hydrogen (secondary N) is 1. The Hall–Kier alpha value is -3.36. The zero-order valence-corrected chi connectivity index (χ0v) is 16.5. The number of nitrogens with zero attached hydrogens (tertiary/aromatic N) is 1. The maximum Gasteiger partial charge on any atom is 0.329 e. The van der Waals surface area contributed by atoms with Crippen molar-refractivity contribution in [1.29, 1.82) is 0 Å². The van der Waals surface area contributed by atoms with Crippen LogP contribution < -0.4 is 14.8 Å². The van der Waals surface area contributed by atoms with Gasteiger partial charge in [-0.05, 0) is 31.9 Å². The predicted octanol–water partition coefficient (Wildman–Crippen LogP) is 1.28. The smallest absolute Gasteiger partial charge is 0.329 e. The first-order valence-corrected chi connectivity index (χ1v) is 9.83. The van der Waals surface area contributed by atoms with Gasteiger partial charge in [-0.2, -0.15) is 0 Å². The molecule has 1 fully saturated rings. The molecule has 0 spiro atoms. The lowest BCUT2D eigenvalue weighted by Crippen LogP contribution is -2.45. The molecule has 30 heavy (non-hydrogen) atoms. The number of imide groups is 1. The second-order valence-corrected chi connectivity index (χ2v) is 7.39. The van der Waals surface area contributed by atoms with Gasteiger partial charge in [0.25, 0.3) is 5.91 Å². The van der Waals surface area contributed by atoms with Crippen LogP contribution in [0.4, 0.5) is 5.69 Å². The Labute approximate surface area is 172 Å². The predicted molar refractivity (Wildman–Crippen MR) is 104 cm³/mol. The van der Waals surface area contributed by atoms with Crippen molar-refractivity contribution < 1.29 is 33.4 Å². The van der Waals surface area contributed by atoms with Gasteiger partial charge < -0.3 is 19.5 Å². The molecule has 9 nitrogen and oxygen atoms in total. The second-order valence-electron chi connectivity index (χ2n) is 7.39. The van der Waals surface area contributed by atoms with E-state index in [4.69, 9.17) is 14.2 Å². The van der Waals surface area contributed by atoms with E-state index >= 15 is 0 Å². The third-order valence-electron chi connectivity index (χ3n) is 5.44. The number of ether oxygens (including phenoxy) is 3. The summed E-state index contributed by atoms with van der Waals surface area (Å²) < 4.78 is 15.9. The first kappa shape index (κ1) is 19.9. The second kappa shape index (κ2) is 8.17. The first-order valence-electron chi connectivity index (χ1n) is 9.83. The van der Waals surface area contributed by atoms with Crippen LogP contribution in [0.5, 0.6) is 11.5 Å². The SMILES string of the molecule is C[C@@H](C(=O)OCC(=O)Nc1ccc2c(c1)OCCO2)N1C(=O)[C@H]2CC=CC[C@@H]2C1=O. The Balaban J connectivity index is 1.31. The highest BCUT2D eigenvalue weighted by Crippen LogP contribution is 2.36. The van der Waals surface area contributed by atoms with Crippen LogP contribution in [0, 0.1) is 11.8 Å². The molecule has 9 heteroatoms. The molecule has 2 heterocycles. The van der Waals surface area contributed by atoms with Gasteiger partial charge in [0.15, 0.2) is 18.1 Å². The third kappa shape index (κ3) is 3.74. The number of esters is 1. The minimum absolute atomic E-state index is 0.362. The number of hydrogen-bond acceptors (Lipinski definition) is 7. The first-order chi connectivity index (χ1) is 14.5. The molecule has 1 N–H and O–H groups in total. The Morgan fingerprint density at radius 1 is 1.10 bits per heavy atom. The Bertz CT molecular complexity index is 900. The van der Waals surface area contributed by atoms with Crippen LogP contribution in [0.1, 0.15) is 19.8 Å². The maximum atomic E-state index is 12.6. The van der Waals surface area contributed by atoms with E-state index in [2.05, 4.69) is 5.32 Å². The molecule has 2 aliphatic heterocycles. The third-order valence-corrected chi connectivity index (χ3v) is 5.44. The number of benzene rings is 1. The molecule has 0 radical (unpaired) electrons. The van der Waals surface area contributed by atoms with E-state index in [0.717, 1.165) is 4.90 Å². The van der Waals surface area contributed by atoms with Crippen molar-refractivity contribution in [3.05, 3.63) is 30.4 Å². The number of likely N-dealkylation sites (tertiary alicyclic amines) is 1. The summed E-state index contributed by atoms with van der Waals surface area (Å²) in [7, 11) is 0. The minimum Gasteiger partial charge on any atom is -0.486 e. The highest BCUT2D eigenvalue weighted by Gasteiger charge is 2.50. The largest absolute Gasteiger partial charge is 0.486 e. The number of rotatable bonds is 5. The summed E-state index contributed by atoms with van der Waals surface area (Å²) >= 11 is 0. The fourth-order valence-electron chi connectivity index (χ4n) is 3.89. The zero-order valence-electron chi connectivity index (χ0n) is 16.5. The Morgan fingerprint density at radius 2 is 1.73 bits per heavy atom. The van der Waals surface area contributed by atoms with E-state index in [0.29, 0.717) is 43.2 Å². The summed E-state index contributed by atoms with van der Waals surface area (Å²) in [5.74, 6) is -1.81. The van der Waals surface area contributed by atoms with E-state index in [9.17, 15) is 19.2 Å². The summed E-state index contributed by atoms with van der Waals surface area (Å²) in [6.45, 7) is 1.78. The molecular formula is C21H22N2O7. The van der Waals surface area contributed by atoms with Gasteiger partial charge in [0.05, 0.1) is 11.8 Å². The number of carbonyl (C=O) groups is 4. The molecule has 1 aliphatic carbocycles. The lowest BCUT2D eigenvalue weighted by atomic mass is 9.85. The van der Waals surface area contributed by atoms with E-state index in [1.165, 1.54) is 6.92 Å². The average Bonchev–Trinajstić information content (AvgIpc) is 3.02. The Kier molecular flexibility index (Phi) is 5.43. The lowest BCUT2D eigenvalue weighted by Gasteiger charge is -2.21. The van der Waals surface area contributed by atoms with E-state index in [-0.39, 0.29) is 11.8 Å². The molecule has 158 valence electrons. The van der Waals surface area contributed by atoms with Crippen molar-refractivity contribution in [3.63, 3.8) is 0 Å². The fraction of sp³-hybridized carbons (Fsp3) is 0.429. The lowest BCUT2D eigenvalue weighted by molar-refractivity contribution is -0.159. The fourth-order valence-corrected chi connectivity index (χ4v) is 3.89. The van der Waals surface area contributed by atoms with Crippen LogP contribution in [0.25, 0.3) is 0 Å². The molecule has 3 amide bonds. The number of fused-ring (bicyclic) bond motifs is 2. The normalized spacial score (nSPS) is 23.0. The highest BCUT2D eigenvalue weighted by atomic mass is 16.6. The van der Waals surface area contributed by atoms with Gasteiger partial charge in [0, 0.05) is 11.8 Å². The van der Waals surface area contributed by atoms with Crippen molar-refractivity contribution in [3.8, 4) is 11.5 Å². The standard InChI is InChI=1S/C21H22N2O7/c1-12(23-19(25)14-4-2-3-5-15(14)20(23)26)21(27)30-11-18(24)22-13-6-7-16-17(10-13)29-9-8-28-16/h2-3,6-7,10,12,14-15H,4-5,8-9,11H2,1H3,(H,22,24)/t12-,14-,15-/m0/s1. The number of hydrogen-bond donors (Lipinski definition) is 1. The summed E-state index contributed by atoms with van der Waals surface area (Å²) in [6.07, 6.45) is 4.74. The van der Waals surface area contributed by atoms with Crippen LogP contribution in [-0.2, 0) is 23.9 Å². The quantitative estimate of drug-likeness (QED) is 0.439. The molecule has 4 rings (SSSR count). The summed E-state index contributed by atoms with van der Waals surface area (Å²) in [5, 5.41) is 2.61. The van der Waals surface area contributed by atoms with E-state index in [1.807, 2.05) is 12.2 Å². The van der Waals surface area contributed by atoms with Gasteiger partial charge in [-0.3, -0.25) is 19.3 Å². The van der Waals surface area contributed by atoms with Crippen LogP contribution in [-0.4, -0.2) is 54.5 Å². The molecule has 3 atom stereocenters. The number of carbonyl (C=O) groups excluding carboxylic acids is 4. The maximum absolute atomic E-state index is 12.6. The van der Waals surface area contributed by atoms with E-state index in [1.54, 1.807) is 18.2 Å². The van der Waals surface area contributed by atoms with Gasteiger partial charge in [0.2, 0.25) is 11.8 Å². The molecule has 1 aromatic carbocycles. The van der Waals surface area contributed by atoms with Gasteiger partial charge in [-0.15, -0.1) is 0 Å². The summed E-state index contributed by atoms with van der Waals surface area (Å²) in [6, 6.07) is 3.86. The number of allylic oxidation sites excluding steroid dienone is 2. The van der Waals surface area contributed by atoms with Gasteiger partial charge in [0.1, 0.15) is 19.3 Å². The van der Waals surface area contributed by atoms with Crippen LogP contribution in [0.3, 0.4) is 0 Å². The molecule has 1 aromatic rings. The molecular weight excluding hydrogens is 392 g/mol. The molecule has 0 unspecified atom stereocenters. The summed E-state index contributed by atoms with van der Waals surface area (Å²) in [5.41, 5.74) is 0.467. The number of amides is 3. The molecule has 0 aromatic heterocycles. The zero-order chi connectivity index (χ0) is 21.3. The van der Waals surface area contributed by atoms with Gasteiger partial charge in [-0.25, -0.2) is 4.79 Å². The van der Waals surface area contributed by atoms with Crippen molar-refractivity contribution in [2.45, 2.75) is 25.8 Å². The molecule has 0 saturated carbocycles. The van der Waals surface area contributed by atoms with Gasteiger partial charge in [-0.1, -0.05) is 12.2 Å². The van der Waals surface area contributed by atoms with Crippen molar-refractivity contribution in [1.82, 2.24) is 4.90 Å². The van der Waals surface area contributed by atoms with Crippen molar-refractivity contribution in [2.75, 3.05) is 25.1 Å². The highest BCUT2D eigenvalue weighted by molar-refractivity contribution is 6.08. The van der Waals surface area contributed by atoms with Crippen LogP contribution in [0.2, 0.25) is 0 Å². The molecule has 1 saturated heterocycles. The van der Waals surface area contributed by atoms with Crippen molar-refractivity contribution >= 4 is 29.4 Å². The number of anilines is 1. The summed E-state index contributed by atoms with van der Waals surface area (Å²) in [4.78, 5) is 50.6.